The largest absolute Gasteiger partial charge is 0.494 e. The van der Waals surface area contributed by atoms with Crippen LogP contribution in [0.4, 0.5) is 0 Å². The number of benzene rings is 2. The average molecular weight is 540 g/mol. The summed E-state index contributed by atoms with van der Waals surface area (Å²) >= 11 is 3.82. The maximum Gasteiger partial charge on any atom is 0.300 e. The lowest BCUT2D eigenvalue weighted by Crippen LogP contribution is -2.23. The highest BCUT2D eigenvalue weighted by Gasteiger charge is 2.29. The summed E-state index contributed by atoms with van der Waals surface area (Å²) in [7, 11) is 0. The molecule has 37 heavy (non-hydrogen) atoms. The highest BCUT2D eigenvalue weighted by Crippen LogP contribution is 2.43. The molecule has 0 radical (unpaired) electrons. The fourth-order valence-electron chi connectivity index (χ4n) is 5.22. The fraction of sp³-hybridized carbons (Fsp3) is 0.433. The minimum absolute atomic E-state index is 0.118. The minimum atomic E-state index is -0.833. The number of fused-ring (bicyclic) bond motifs is 1. The van der Waals surface area contributed by atoms with E-state index in [1.807, 2.05) is 23.5 Å². The van der Waals surface area contributed by atoms with Gasteiger partial charge in [-0.05, 0) is 103 Å². The van der Waals surface area contributed by atoms with Crippen molar-refractivity contribution in [1.29, 1.82) is 0 Å². The number of hydrogen-bond donors (Lipinski definition) is 2. The Morgan fingerprint density at radius 1 is 1.22 bits per heavy atom. The number of rotatable bonds is 8. The molecule has 5 nitrogen and oxygen atoms in total. The van der Waals surface area contributed by atoms with Gasteiger partial charge in [-0.1, -0.05) is 18.2 Å². The second-order valence-corrected chi connectivity index (χ2v) is 11.7. The van der Waals surface area contributed by atoms with E-state index in [9.17, 15) is 0 Å². The maximum atomic E-state index is 9.00. The number of aliphatic carboxylic acids is 1. The van der Waals surface area contributed by atoms with E-state index in [1.165, 1.54) is 56.0 Å². The van der Waals surface area contributed by atoms with Crippen molar-refractivity contribution in [1.82, 2.24) is 5.32 Å². The van der Waals surface area contributed by atoms with Crippen LogP contribution in [0, 0.1) is 13.8 Å². The van der Waals surface area contributed by atoms with E-state index in [0.717, 1.165) is 56.7 Å². The fourth-order valence-corrected chi connectivity index (χ4v) is 6.76. The summed E-state index contributed by atoms with van der Waals surface area (Å²) < 4.78 is 12.5. The first-order valence-electron chi connectivity index (χ1n) is 12.9. The van der Waals surface area contributed by atoms with Crippen molar-refractivity contribution in [3.63, 3.8) is 0 Å². The Labute approximate surface area is 229 Å². The van der Waals surface area contributed by atoms with Gasteiger partial charge in [0.2, 0.25) is 0 Å². The maximum absolute atomic E-state index is 9.00. The SMILES string of the molecule is CC(=O)O.CSCCCOc1cc(C)c(-c2cccc3c2CCC3OC2=CC3=C(CCS3)CN2)c(C)c1. The van der Waals surface area contributed by atoms with Crippen LogP contribution in [-0.4, -0.2) is 42.0 Å². The van der Waals surface area contributed by atoms with Crippen molar-refractivity contribution in [3.05, 3.63) is 75.0 Å². The molecule has 0 saturated carbocycles. The molecule has 198 valence electrons. The number of allylic oxidation sites excluding steroid dienone is 1. The molecule has 0 bridgehead atoms. The van der Waals surface area contributed by atoms with Crippen molar-refractivity contribution in [2.45, 2.75) is 52.6 Å². The number of thioether (sulfide) groups is 2. The number of carbonyl (C=O) groups is 1. The topological polar surface area (TPSA) is 67.8 Å². The molecule has 5 rings (SSSR count). The third kappa shape index (κ3) is 6.88. The van der Waals surface area contributed by atoms with Crippen LogP contribution in [-0.2, 0) is 16.0 Å². The van der Waals surface area contributed by atoms with Crippen molar-refractivity contribution >= 4 is 29.5 Å². The lowest BCUT2D eigenvalue weighted by atomic mass is 9.90. The molecular formula is C30H37NO4S2. The van der Waals surface area contributed by atoms with E-state index < -0.39 is 5.97 Å². The molecule has 2 N–H and O–H groups in total. The Morgan fingerprint density at radius 2 is 1.97 bits per heavy atom. The number of aryl methyl sites for hydroxylation is 2. The van der Waals surface area contributed by atoms with Gasteiger partial charge in [-0.2, -0.15) is 11.8 Å². The summed E-state index contributed by atoms with van der Waals surface area (Å²) in [6, 6.07) is 11.1. The van der Waals surface area contributed by atoms with Crippen molar-refractivity contribution in [2.75, 3.05) is 30.9 Å². The number of carboxylic acid groups (broad SMARTS) is 1. The molecule has 3 aliphatic rings. The molecule has 2 heterocycles. The molecule has 1 unspecified atom stereocenters. The third-order valence-corrected chi connectivity index (χ3v) is 8.59. The molecule has 7 heteroatoms. The zero-order chi connectivity index (χ0) is 26.4. The molecule has 0 amide bonds. The van der Waals surface area contributed by atoms with Gasteiger partial charge in [-0.3, -0.25) is 4.79 Å². The molecular weight excluding hydrogens is 502 g/mol. The normalized spacial score (nSPS) is 17.7. The predicted octanol–water partition coefficient (Wildman–Crippen LogP) is 7.03. The van der Waals surface area contributed by atoms with E-state index >= 15 is 0 Å². The van der Waals surface area contributed by atoms with Gasteiger partial charge in [0.05, 0.1) is 6.61 Å². The van der Waals surface area contributed by atoms with Crippen LogP contribution in [0.3, 0.4) is 0 Å². The van der Waals surface area contributed by atoms with Crippen LogP contribution < -0.4 is 10.1 Å². The highest BCUT2D eigenvalue weighted by atomic mass is 32.2. The van der Waals surface area contributed by atoms with Gasteiger partial charge in [-0.25, -0.2) is 0 Å². The highest BCUT2D eigenvalue weighted by molar-refractivity contribution is 8.03. The van der Waals surface area contributed by atoms with E-state index in [-0.39, 0.29) is 6.10 Å². The minimum Gasteiger partial charge on any atom is -0.494 e. The lowest BCUT2D eigenvalue weighted by Gasteiger charge is -2.22. The second-order valence-electron chi connectivity index (χ2n) is 9.59. The number of hydrogen-bond acceptors (Lipinski definition) is 6. The molecule has 2 aromatic rings. The first kappa shape index (κ1) is 27.5. The summed E-state index contributed by atoms with van der Waals surface area (Å²) in [5.41, 5.74) is 9.56. The monoisotopic (exact) mass is 539 g/mol. The van der Waals surface area contributed by atoms with Crippen LogP contribution in [0.1, 0.15) is 54.5 Å². The molecule has 0 spiro atoms. The zero-order valence-corrected chi connectivity index (χ0v) is 23.8. The molecule has 0 aromatic heterocycles. The summed E-state index contributed by atoms with van der Waals surface area (Å²) in [6.45, 7) is 7.21. The smallest absolute Gasteiger partial charge is 0.300 e. The van der Waals surface area contributed by atoms with Gasteiger partial charge in [0, 0.05) is 30.2 Å². The quantitative estimate of drug-likeness (QED) is 0.349. The summed E-state index contributed by atoms with van der Waals surface area (Å²) in [5, 5.41) is 10.9. The Hall–Kier alpha value is -2.51. The van der Waals surface area contributed by atoms with Crippen LogP contribution in [0.2, 0.25) is 0 Å². The molecule has 0 fully saturated rings. The number of carboxylic acids is 1. The van der Waals surface area contributed by atoms with Crippen LogP contribution in [0.25, 0.3) is 11.1 Å². The van der Waals surface area contributed by atoms with Gasteiger partial charge in [-0.15, -0.1) is 11.8 Å². The molecule has 1 atom stereocenters. The molecule has 2 aromatic carbocycles. The third-order valence-electron chi connectivity index (χ3n) is 6.77. The van der Waals surface area contributed by atoms with Crippen molar-refractivity contribution in [3.8, 4) is 16.9 Å². The van der Waals surface area contributed by atoms with Gasteiger partial charge in [0.1, 0.15) is 11.9 Å². The van der Waals surface area contributed by atoms with Gasteiger partial charge < -0.3 is 19.9 Å². The first-order valence-corrected chi connectivity index (χ1v) is 15.3. The van der Waals surface area contributed by atoms with Gasteiger partial charge >= 0.3 is 0 Å². The predicted molar refractivity (Wildman–Crippen MR) is 155 cm³/mol. The van der Waals surface area contributed by atoms with E-state index in [2.05, 4.69) is 61.8 Å². The van der Waals surface area contributed by atoms with Crippen molar-refractivity contribution < 1.29 is 19.4 Å². The van der Waals surface area contributed by atoms with E-state index in [1.54, 1.807) is 0 Å². The Kier molecular flexibility index (Phi) is 9.54. The summed E-state index contributed by atoms with van der Waals surface area (Å²) in [4.78, 5) is 10.4. The van der Waals surface area contributed by atoms with E-state index in [0.29, 0.717) is 0 Å². The lowest BCUT2D eigenvalue weighted by molar-refractivity contribution is -0.134. The van der Waals surface area contributed by atoms with Crippen molar-refractivity contribution in [2.24, 2.45) is 0 Å². The summed E-state index contributed by atoms with van der Waals surface area (Å²) in [5.74, 6) is 3.42. The summed E-state index contributed by atoms with van der Waals surface area (Å²) in [6.07, 6.45) is 8.83. The van der Waals surface area contributed by atoms with Crippen LogP contribution in [0.5, 0.6) is 5.75 Å². The number of ether oxygens (including phenoxy) is 2. The van der Waals surface area contributed by atoms with Crippen LogP contribution in [0.15, 0.2) is 52.8 Å². The van der Waals surface area contributed by atoms with E-state index in [4.69, 9.17) is 19.4 Å². The Bertz CT molecular complexity index is 1180. The number of dihydropyridines is 1. The Balaban J connectivity index is 0.000000747. The average Bonchev–Trinajstić information content (AvgIpc) is 3.48. The molecule has 2 aliphatic heterocycles. The second kappa shape index (κ2) is 12.8. The van der Waals surface area contributed by atoms with Gasteiger partial charge in [0.15, 0.2) is 5.88 Å². The van der Waals surface area contributed by atoms with Crippen LogP contribution >= 0.6 is 23.5 Å². The first-order chi connectivity index (χ1) is 17.9. The standard InChI is InChI=1S/C28H33NO2S2.C2H4O2/c1-18-14-21(30-11-5-12-32-3)15-19(2)28(18)24-7-4-6-23-22(24)8-9-25(23)31-27-16-26-20(17-29-27)10-13-33-26;1-2(3)4/h4,6-7,14-16,25,29H,5,8-13,17H2,1-3H3;1H3,(H,3,4). The van der Waals surface area contributed by atoms with Gasteiger partial charge in [0.25, 0.3) is 5.97 Å². The molecule has 0 saturated heterocycles. The zero-order valence-electron chi connectivity index (χ0n) is 22.2. The number of nitrogens with one attached hydrogen (secondary N) is 1. The Morgan fingerprint density at radius 3 is 2.70 bits per heavy atom. The molecule has 1 aliphatic carbocycles.